The van der Waals surface area contributed by atoms with Gasteiger partial charge >= 0.3 is 6.09 Å². The van der Waals surface area contributed by atoms with Crippen LogP contribution >= 0.6 is 0 Å². The van der Waals surface area contributed by atoms with Crippen molar-refractivity contribution < 1.29 is 14.6 Å². The highest BCUT2D eigenvalue weighted by Gasteiger charge is 2.34. The summed E-state index contributed by atoms with van der Waals surface area (Å²) in [6.45, 7) is 1.33. The van der Waals surface area contributed by atoms with E-state index >= 15 is 0 Å². The molecule has 1 fully saturated rings. The van der Waals surface area contributed by atoms with E-state index < -0.39 is 11.7 Å². The summed E-state index contributed by atoms with van der Waals surface area (Å²) in [7, 11) is 0. The Labute approximate surface area is 70.9 Å². The molecule has 4 N–H and O–H groups in total. The van der Waals surface area contributed by atoms with Crippen LogP contribution in [0.1, 0.15) is 12.8 Å². The van der Waals surface area contributed by atoms with Crippen LogP contribution in [0.15, 0.2) is 0 Å². The molecule has 0 aromatic carbocycles. The van der Waals surface area contributed by atoms with E-state index in [2.05, 4.69) is 5.32 Å². The molecule has 0 spiro atoms. The third kappa shape index (κ3) is 2.09. The Bertz CT molecular complexity index is 166. The van der Waals surface area contributed by atoms with Gasteiger partial charge in [-0.25, -0.2) is 4.79 Å². The molecule has 5 heteroatoms. The van der Waals surface area contributed by atoms with Crippen LogP contribution in [0.4, 0.5) is 4.79 Å². The number of carbonyl (C=O) groups is 1. The van der Waals surface area contributed by atoms with Gasteiger partial charge in [0.1, 0.15) is 5.60 Å². The first-order valence-electron chi connectivity index (χ1n) is 3.99. The Hall–Kier alpha value is -0.810. The van der Waals surface area contributed by atoms with E-state index in [1.807, 2.05) is 0 Å². The topological polar surface area (TPSA) is 84.6 Å². The molecule has 1 saturated heterocycles. The van der Waals surface area contributed by atoms with Crippen LogP contribution < -0.4 is 11.1 Å². The van der Waals surface area contributed by atoms with E-state index in [0.717, 1.165) is 13.1 Å². The predicted octanol–water partition coefficient (Wildman–Crippen LogP) is -0.804. The number of primary amides is 1. The van der Waals surface area contributed by atoms with Crippen molar-refractivity contribution in [2.45, 2.75) is 18.4 Å². The van der Waals surface area contributed by atoms with E-state index in [1.165, 1.54) is 0 Å². The van der Waals surface area contributed by atoms with Gasteiger partial charge in [-0.05, 0) is 13.1 Å². The van der Waals surface area contributed by atoms with Crippen LogP contribution in [0.5, 0.6) is 0 Å². The fourth-order valence-electron chi connectivity index (χ4n) is 1.39. The van der Waals surface area contributed by atoms with Gasteiger partial charge in [0.15, 0.2) is 0 Å². The molecule has 12 heavy (non-hydrogen) atoms. The maximum Gasteiger partial charge on any atom is 0.405 e. The van der Waals surface area contributed by atoms with Gasteiger partial charge in [-0.15, -0.1) is 0 Å². The molecule has 1 amide bonds. The lowest BCUT2D eigenvalue weighted by Gasteiger charge is -2.34. The lowest BCUT2D eigenvalue weighted by atomic mass is 9.93. The van der Waals surface area contributed by atoms with Crippen molar-refractivity contribution >= 4 is 6.09 Å². The van der Waals surface area contributed by atoms with Gasteiger partial charge in [-0.2, -0.15) is 0 Å². The van der Waals surface area contributed by atoms with Gasteiger partial charge in [-0.3, -0.25) is 0 Å². The fourth-order valence-corrected chi connectivity index (χ4v) is 1.39. The van der Waals surface area contributed by atoms with E-state index in [-0.39, 0.29) is 6.61 Å². The van der Waals surface area contributed by atoms with Crippen LogP contribution in [0.25, 0.3) is 0 Å². The summed E-state index contributed by atoms with van der Waals surface area (Å²) in [5.74, 6) is 0. The average Bonchev–Trinajstić information content (AvgIpc) is 2.05. The van der Waals surface area contributed by atoms with Crippen LogP contribution in [0.2, 0.25) is 0 Å². The van der Waals surface area contributed by atoms with Crippen LogP contribution in [-0.4, -0.2) is 36.5 Å². The summed E-state index contributed by atoms with van der Waals surface area (Å²) >= 11 is 0. The van der Waals surface area contributed by atoms with Gasteiger partial charge in [-0.1, -0.05) is 0 Å². The monoisotopic (exact) mass is 174 g/mol. The average molecular weight is 174 g/mol. The lowest BCUT2D eigenvalue weighted by molar-refractivity contribution is -0.0459. The smallest absolute Gasteiger partial charge is 0.405 e. The summed E-state index contributed by atoms with van der Waals surface area (Å²) in [6, 6.07) is 0. The second-order valence-corrected chi connectivity index (χ2v) is 3.01. The molecule has 0 aromatic rings. The Balaban J connectivity index is 2.53. The highest BCUT2D eigenvalue weighted by atomic mass is 16.6. The zero-order chi connectivity index (χ0) is 9.03. The first kappa shape index (κ1) is 9.28. The van der Waals surface area contributed by atoms with Crippen LogP contribution in [0.3, 0.4) is 0 Å². The van der Waals surface area contributed by atoms with Crippen molar-refractivity contribution in [3.05, 3.63) is 0 Å². The predicted molar refractivity (Wildman–Crippen MR) is 42.6 cm³/mol. The van der Waals surface area contributed by atoms with Crippen molar-refractivity contribution in [3.63, 3.8) is 0 Å². The molecule has 0 unspecified atom stereocenters. The van der Waals surface area contributed by atoms with Crippen molar-refractivity contribution in [2.24, 2.45) is 5.73 Å². The highest BCUT2D eigenvalue weighted by molar-refractivity contribution is 5.65. The Morgan fingerprint density at radius 3 is 2.58 bits per heavy atom. The van der Waals surface area contributed by atoms with E-state index in [9.17, 15) is 4.79 Å². The number of hydrogen-bond acceptors (Lipinski definition) is 4. The number of carbonyl (C=O) groups excluding carboxylic acids is 1. The minimum Gasteiger partial charge on any atom is -0.441 e. The molecule has 70 valence electrons. The summed E-state index contributed by atoms with van der Waals surface area (Å²) in [6.07, 6.45) is 0.421. The fraction of sp³-hybridized carbons (Fsp3) is 0.857. The van der Waals surface area contributed by atoms with Crippen LogP contribution in [-0.2, 0) is 4.74 Å². The summed E-state index contributed by atoms with van der Waals surface area (Å²) in [5, 5.41) is 12.1. The van der Waals surface area contributed by atoms with E-state index in [4.69, 9.17) is 15.6 Å². The normalized spacial score (nSPS) is 21.8. The third-order valence-electron chi connectivity index (χ3n) is 2.12. The van der Waals surface area contributed by atoms with Crippen molar-refractivity contribution in [2.75, 3.05) is 19.7 Å². The number of aliphatic hydroxyl groups is 1. The molecule has 5 nitrogen and oxygen atoms in total. The van der Waals surface area contributed by atoms with Crippen molar-refractivity contribution in [3.8, 4) is 0 Å². The second-order valence-electron chi connectivity index (χ2n) is 3.01. The van der Waals surface area contributed by atoms with Crippen LogP contribution in [0, 0.1) is 0 Å². The number of nitrogens with one attached hydrogen (secondary N) is 1. The molecule has 0 aliphatic carbocycles. The minimum absolute atomic E-state index is 0.155. The van der Waals surface area contributed by atoms with Gasteiger partial charge in [0.05, 0.1) is 6.61 Å². The minimum atomic E-state index is -0.814. The molecule has 1 heterocycles. The molecule has 1 aliphatic heterocycles. The molecular formula is C7H14N2O3. The van der Waals surface area contributed by atoms with Crippen molar-refractivity contribution in [1.82, 2.24) is 5.32 Å². The van der Waals surface area contributed by atoms with E-state index in [0.29, 0.717) is 12.8 Å². The van der Waals surface area contributed by atoms with Gasteiger partial charge in [0.2, 0.25) is 0 Å². The summed E-state index contributed by atoms with van der Waals surface area (Å²) in [4.78, 5) is 10.5. The van der Waals surface area contributed by atoms with Gasteiger partial charge in [0.25, 0.3) is 0 Å². The van der Waals surface area contributed by atoms with E-state index in [1.54, 1.807) is 0 Å². The molecule has 0 radical (unpaired) electrons. The SMILES string of the molecule is NC(=O)OC1(CO)CCNCC1. The maximum atomic E-state index is 10.5. The zero-order valence-corrected chi connectivity index (χ0v) is 6.88. The Morgan fingerprint density at radius 1 is 1.58 bits per heavy atom. The first-order chi connectivity index (χ1) is 5.68. The zero-order valence-electron chi connectivity index (χ0n) is 6.88. The van der Waals surface area contributed by atoms with Gasteiger partial charge < -0.3 is 20.9 Å². The summed E-state index contributed by atoms with van der Waals surface area (Å²) < 4.78 is 4.88. The molecule has 1 rings (SSSR count). The number of nitrogens with two attached hydrogens (primary N) is 1. The standard InChI is InChI=1S/C7H14N2O3/c8-6(11)12-7(5-10)1-3-9-4-2-7/h9-10H,1-5H2,(H2,8,11). The molecular weight excluding hydrogens is 160 g/mol. The Kier molecular flexibility index (Phi) is 2.88. The number of piperidine rings is 1. The number of aliphatic hydroxyl groups excluding tert-OH is 1. The molecule has 0 atom stereocenters. The summed E-state index contributed by atoms with van der Waals surface area (Å²) in [5.41, 5.74) is 4.15. The quantitative estimate of drug-likeness (QED) is 0.511. The van der Waals surface area contributed by atoms with Crippen molar-refractivity contribution in [1.29, 1.82) is 0 Å². The number of hydrogen-bond donors (Lipinski definition) is 3. The molecule has 0 saturated carbocycles. The first-order valence-corrected chi connectivity index (χ1v) is 3.99. The lowest BCUT2D eigenvalue weighted by Crippen LogP contribution is -2.48. The maximum absolute atomic E-state index is 10.5. The molecule has 0 aromatic heterocycles. The van der Waals surface area contributed by atoms with Gasteiger partial charge in [0, 0.05) is 12.8 Å². The Morgan fingerprint density at radius 2 is 2.17 bits per heavy atom. The molecule has 0 bridgehead atoms. The number of rotatable bonds is 2. The largest absolute Gasteiger partial charge is 0.441 e. The number of amides is 1. The molecule has 1 aliphatic rings. The second kappa shape index (κ2) is 3.73. The third-order valence-corrected chi connectivity index (χ3v) is 2.12. The number of ether oxygens (including phenoxy) is 1. The highest BCUT2D eigenvalue weighted by Crippen LogP contribution is 2.21.